The first-order valence-corrected chi connectivity index (χ1v) is 9.57. The van der Waals surface area contributed by atoms with E-state index in [1.807, 2.05) is 30.3 Å². The van der Waals surface area contributed by atoms with Gasteiger partial charge in [-0.3, -0.25) is 0 Å². The van der Waals surface area contributed by atoms with Gasteiger partial charge < -0.3 is 10.1 Å². The molecule has 0 aliphatic carbocycles. The lowest BCUT2D eigenvalue weighted by Gasteiger charge is -2.14. The fourth-order valence-corrected chi connectivity index (χ4v) is 4.21. The molecule has 0 saturated heterocycles. The van der Waals surface area contributed by atoms with E-state index in [4.69, 9.17) is 4.74 Å². The molecule has 24 heavy (non-hydrogen) atoms. The largest absolute Gasteiger partial charge is 0.480 e. The number of benzene rings is 2. The summed E-state index contributed by atoms with van der Waals surface area (Å²) in [5, 5.41) is 3.23. The van der Waals surface area contributed by atoms with Crippen LogP contribution in [0.4, 0.5) is 14.5 Å². The summed E-state index contributed by atoms with van der Waals surface area (Å²) >= 11 is -0.792. The van der Waals surface area contributed by atoms with Crippen LogP contribution >= 0.6 is 20.7 Å². The number of allylic oxidation sites excluding steroid dienone is 2. The number of nitrogens with one attached hydrogen (secondary N) is 1. The highest BCUT2D eigenvalue weighted by Crippen LogP contribution is 2.29. The van der Waals surface area contributed by atoms with Gasteiger partial charge in [0, 0.05) is 5.69 Å². The number of aryl methyl sites for hydroxylation is 1. The first-order valence-electron chi connectivity index (χ1n) is 7.41. The van der Waals surface area contributed by atoms with Crippen molar-refractivity contribution in [1.82, 2.24) is 0 Å². The Bertz CT molecular complexity index is 829. The summed E-state index contributed by atoms with van der Waals surface area (Å²) in [4.78, 5) is 0. The Labute approximate surface area is 149 Å². The molecule has 0 fully saturated rings. The standard InChI is InChI=1S/C19H16F2INO/c1-13-11-15(7-8-16(13)20)23-18-10-9-17(21)19(22-18)24-12-14-5-3-2-4-6-14/h2-11,23H,12H2,1H3. The molecule has 0 atom stereocenters. The SMILES string of the molecule is Cc1cc(NC2=IC(OCc3ccccc3)=C(F)C=C2)ccc1F. The minimum Gasteiger partial charge on any atom is -0.480 e. The molecule has 0 bridgehead atoms. The second kappa shape index (κ2) is 7.70. The number of rotatable bonds is 5. The Hall–Kier alpha value is -2.02. The molecule has 0 aromatic heterocycles. The Morgan fingerprint density at radius 2 is 1.83 bits per heavy atom. The molecule has 0 amide bonds. The van der Waals surface area contributed by atoms with Crippen molar-refractivity contribution in [3.63, 3.8) is 0 Å². The van der Waals surface area contributed by atoms with Crippen molar-refractivity contribution < 1.29 is 13.5 Å². The number of hydrogen-bond acceptors (Lipinski definition) is 2. The van der Waals surface area contributed by atoms with Crippen LogP contribution in [0.3, 0.4) is 0 Å². The lowest BCUT2D eigenvalue weighted by molar-refractivity contribution is 0.223. The minimum absolute atomic E-state index is 0.239. The number of anilines is 1. The second-order valence-electron chi connectivity index (χ2n) is 5.26. The Balaban J connectivity index is 1.71. The van der Waals surface area contributed by atoms with E-state index in [0.717, 1.165) is 14.9 Å². The van der Waals surface area contributed by atoms with Crippen molar-refractivity contribution in [1.29, 1.82) is 0 Å². The lowest BCUT2D eigenvalue weighted by Crippen LogP contribution is -2.09. The molecular weight excluding hydrogens is 423 g/mol. The van der Waals surface area contributed by atoms with Crippen molar-refractivity contribution in [3.05, 3.63) is 87.2 Å². The van der Waals surface area contributed by atoms with Gasteiger partial charge in [0.25, 0.3) is 0 Å². The topological polar surface area (TPSA) is 21.3 Å². The highest BCUT2D eigenvalue weighted by Gasteiger charge is 2.11. The van der Waals surface area contributed by atoms with Crippen LogP contribution in [-0.2, 0) is 11.3 Å². The summed E-state index contributed by atoms with van der Waals surface area (Å²) in [5.41, 5.74) is 2.36. The van der Waals surface area contributed by atoms with Gasteiger partial charge in [-0.05, 0) is 69.1 Å². The van der Waals surface area contributed by atoms with Gasteiger partial charge in [0.15, 0.2) is 9.59 Å². The first kappa shape index (κ1) is 16.8. The van der Waals surface area contributed by atoms with Crippen LogP contribution in [0.25, 0.3) is 0 Å². The van der Waals surface area contributed by atoms with Crippen LogP contribution < -0.4 is 5.32 Å². The monoisotopic (exact) mass is 439 g/mol. The molecule has 1 N–H and O–H groups in total. The summed E-state index contributed by atoms with van der Waals surface area (Å²) in [7, 11) is 0. The third kappa shape index (κ3) is 4.29. The quantitative estimate of drug-likeness (QED) is 0.615. The maximum Gasteiger partial charge on any atom is 0.189 e. The normalized spacial score (nSPS) is 14.0. The molecule has 1 aliphatic heterocycles. The number of hydrogen-bond donors (Lipinski definition) is 1. The van der Waals surface area contributed by atoms with Crippen LogP contribution in [-0.4, -0.2) is 3.63 Å². The van der Waals surface area contributed by atoms with E-state index in [1.54, 1.807) is 25.1 Å². The van der Waals surface area contributed by atoms with Gasteiger partial charge >= 0.3 is 0 Å². The van der Waals surface area contributed by atoms with Crippen molar-refractivity contribution in [2.45, 2.75) is 13.5 Å². The van der Waals surface area contributed by atoms with Crippen molar-refractivity contribution in [2.24, 2.45) is 0 Å². The Morgan fingerprint density at radius 1 is 1.04 bits per heavy atom. The fraction of sp³-hybridized carbons (Fsp3) is 0.105. The van der Waals surface area contributed by atoms with Gasteiger partial charge in [0.2, 0.25) is 0 Å². The number of ether oxygens (including phenoxy) is 1. The van der Waals surface area contributed by atoms with Crippen LogP contribution in [0.1, 0.15) is 11.1 Å². The molecule has 1 heterocycles. The van der Waals surface area contributed by atoms with Crippen molar-refractivity contribution >= 4 is 30.1 Å². The first-order chi connectivity index (χ1) is 11.6. The van der Waals surface area contributed by atoms with E-state index in [9.17, 15) is 8.78 Å². The molecule has 0 spiro atoms. The zero-order valence-corrected chi connectivity index (χ0v) is 15.2. The molecule has 0 saturated carbocycles. The van der Waals surface area contributed by atoms with Crippen LogP contribution in [0, 0.1) is 12.7 Å². The summed E-state index contributed by atoms with van der Waals surface area (Å²) in [6.07, 6.45) is 3.12. The molecule has 3 rings (SSSR count). The van der Waals surface area contributed by atoms with Gasteiger partial charge in [0.1, 0.15) is 12.4 Å². The molecule has 1 aliphatic rings. The summed E-state index contributed by atoms with van der Waals surface area (Å²) < 4.78 is 34.3. The summed E-state index contributed by atoms with van der Waals surface area (Å²) in [5.74, 6) is -0.558. The Morgan fingerprint density at radius 3 is 2.58 bits per heavy atom. The highest BCUT2D eigenvalue weighted by molar-refractivity contribution is 14.2. The predicted molar refractivity (Wildman–Crippen MR) is 102 cm³/mol. The summed E-state index contributed by atoms with van der Waals surface area (Å²) in [6, 6.07) is 14.5. The maximum atomic E-state index is 14.0. The maximum absolute atomic E-state index is 14.0. The van der Waals surface area contributed by atoms with Crippen LogP contribution in [0.2, 0.25) is 0 Å². The summed E-state index contributed by atoms with van der Waals surface area (Å²) in [6.45, 7) is 2.06. The lowest BCUT2D eigenvalue weighted by atomic mass is 10.2. The van der Waals surface area contributed by atoms with Gasteiger partial charge in [-0.25, -0.2) is 8.78 Å². The van der Waals surface area contributed by atoms with Crippen molar-refractivity contribution in [3.8, 4) is 0 Å². The predicted octanol–water partition coefficient (Wildman–Crippen LogP) is 5.57. The number of halogens is 3. The van der Waals surface area contributed by atoms with E-state index in [0.29, 0.717) is 15.9 Å². The van der Waals surface area contributed by atoms with Crippen LogP contribution in [0.15, 0.2) is 70.3 Å². The average Bonchev–Trinajstić information content (AvgIpc) is 2.59. The van der Waals surface area contributed by atoms with Gasteiger partial charge in [-0.2, -0.15) is 0 Å². The van der Waals surface area contributed by atoms with E-state index in [1.165, 1.54) is 12.1 Å². The van der Waals surface area contributed by atoms with Gasteiger partial charge in [-0.1, -0.05) is 30.3 Å². The average molecular weight is 439 g/mol. The molecule has 0 radical (unpaired) electrons. The molecule has 0 unspecified atom stereocenters. The molecular formula is C19H16F2INO. The van der Waals surface area contributed by atoms with E-state index >= 15 is 0 Å². The fourth-order valence-electron chi connectivity index (χ4n) is 2.12. The van der Waals surface area contributed by atoms with E-state index in [2.05, 4.69) is 5.32 Å². The van der Waals surface area contributed by atoms with Gasteiger partial charge in [-0.15, -0.1) is 0 Å². The Kier molecular flexibility index (Phi) is 5.40. The smallest absolute Gasteiger partial charge is 0.189 e. The minimum atomic E-state index is -0.792. The third-order valence-corrected chi connectivity index (χ3v) is 5.91. The van der Waals surface area contributed by atoms with E-state index < -0.39 is 20.7 Å². The van der Waals surface area contributed by atoms with Crippen molar-refractivity contribution in [2.75, 3.05) is 5.32 Å². The molecule has 2 aromatic rings. The molecule has 2 nitrogen and oxygen atoms in total. The zero-order chi connectivity index (χ0) is 16.9. The molecule has 5 heteroatoms. The molecule has 2 aromatic carbocycles. The third-order valence-electron chi connectivity index (χ3n) is 3.38. The highest BCUT2D eigenvalue weighted by atomic mass is 127. The van der Waals surface area contributed by atoms with Gasteiger partial charge in [0.05, 0.1) is 3.63 Å². The second-order valence-corrected chi connectivity index (χ2v) is 7.94. The zero-order valence-electron chi connectivity index (χ0n) is 13.0. The van der Waals surface area contributed by atoms with Crippen LogP contribution in [0.5, 0.6) is 0 Å². The van der Waals surface area contributed by atoms with E-state index in [-0.39, 0.29) is 11.6 Å². The molecule has 124 valence electrons.